The summed E-state index contributed by atoms with van der Waals surface area (Å²) >= 11 is 0. The second-order valence-corrected chi connectivity index (χ2v) is 5.30. The maximum atomic E-state index is 13.7. The van der Waals surface area contributed by atoms with Gasteiger partial charge in [0.15, 0.2) is 11.5 Å². The van der Waals surface area contributed by atoms with Crippen molar-refractivity contribution in [3.8, 4) is 17.2 Å². The maximum Gasteiger partial charge on any atom is 0.308 e. The summed E-state index contributed by atoms with van der Waals surface area (Å²) in [5.74, 6) is -0.871. The molecule has 2 rings (SSSR count). The van der Waals surface area contributed by atoms with E-state index in [0.29, 0.717) is 28.5 Å². The molecule has 2 aromatic carbocycles. The lowest BCUT2D eigenvalue weighted by Gasteiger charge is -2.19. The van der Waals surface area contributed by atoms with Crippen LogP contribution in [0.25, 0.3) is 10.8 Å². The molecule has 0 saturated heterocycles. The molecule has 0 aliphatic carbocycles. The minimum Gasteiger partial charge on any atom is -0.492 e. The van der Waals surface area contributed by atoms with Gasteiger partial charge >= 0.3 is 11.9 Å². The normalized spacial score (nSPS) is 10.5. The first kappa shape index (κ1) is 17.7. The lowest BCUT2D eigenvalue weighted by molar-refractivity contribution is -0.133. The Morgan fingerprint density at radius 2 is 1.62 bits per heavy atom. The minimum atomic E-state index is -0.554. The number of hydrogen-bond donors (Lipinski definition) is 0. The molecule has 0 N–H and O–H groups in total. The SMILES string of the molecule is CCCc1c(OC)c(OC(C)=O)c2cc(F)ccc2c1OC(C)=O. The summed E-state index contributed by atoms with van der Waals surface area (Å²) in [5.41, 5.74) is 0.602. The van der Waals surface area contributed by atoms with Crippen molar-refractivity contribution in [2.24, 2.45) is 0 Å². The van der Waals surface area contributed by atoms with Crippen molar-refractivity contribution >= 4 is 22.7 Å². The number of ether oxygens (including phenoxy) is 3. The van der Waals surface area contributed by atoms with Crippen molar-refractivity contribution in [1.82, 2.24) is 0 Å². The largest absolute Gasteiger partial charge is 0.492 e. The molecule has 0 bridgehead atoms. The second-order valence-electron chi connectivity index (χ2n) is 5.30. The number of rotatable bonds is 5. The average Bonchev–Trinajstić information content (AvgIpc) is 2.50. The topological polar surface area (TPSA) is 61.8 Å². The molecule has 0 aliphatic heterocycles. The number of hydrogen-bond acceptors (Lipinski definition) is 5. The fraction of sp³-hybridized carbons (Fsp3) is 0.333. The standard InChI is InChI=1S/C18H19FO5/c1-5-6-14-16(23-10(2)20)13-8-7-12(19)9-15(13)18(17(14)22-4)24-11(3)21/h7-9H,5-6H2,1-4H3. The highest BCUT2D eigenvalue weighted by Crippen LogP contribution is 2.46. The van der Waals surface area contributed by atoms with E-state index in [1.165, 1.54) is 39.2 Å². The Morgan fingerprint density at radius 3 is 2.17 bits per heavy atom. The molecular formula is C18H19FO5. The molecule has 0 radical (unpaired) electrons. The van der Waals surface area contributed by atoms with Gasteiger partial charge in [0.1, 0.15) is 11.6 Å². The van der Waals surface area contributed by atoms with E-state index in [1.54, 1.807) is 0 Å². The Hall–Kier alpha value is -2.63. The van der Waals surface area contributed by atoms with E-state index in [1.807, 2.05) is 6.92 Å². The van der Waals surface area contributed by atoms with Gasteiger partial charge in [-0.1, -0.05) is 13.3 Å². The van der Waals surface area contributed by atoms with Crippen LogP contribution < -0.4 is 14.2 Å². The van der Waals surface area contributed by atoms with Crippen LogP contribution in [-0.2, 0) is 16.0 Å². The van der Waals surface area contributed by atoms with Crippen molar-refractivity contribution in [3.63, 3.8) is 0 Å². The molecule has 0 heterocycles. The third kappa shape index (κ3) is 3.48. The fourth-order valence-corrected chi connectivity index (χ4v) is 2.63. The zero-order valence-corrected chi connectivity index (χ0v) is 14.1. The average molecular weight is 334 g/mol. The molecular weight excluding hydrogens is 315 g/mol. The molecule has 128 valence electrons. The maximum absolute atomic E-state index is 13.7. The number of carbonyl (C=O) groups is 2. The van der Waals surface area contributed by atoms with Crippen LogP contribution in [0.2, 0.25) is 0 Å². The quantitative estimate of drug-likeness (QED) is 0.615. The summed E-state index contributed by atoms with van der Waals surface area (Å²) in [7, 11) is 1.42. The van der Waals surface area contributed by atoms with Crippen molar-refractivity contribution < 1.29 is 28.2 Å². The Morgan fingerprint density at radius 1 is 1.00 bits per heavy atom. The van der Waals surface area contributed by atoms with Gasteiger partial charge in [0.2, 0.25) is 0 Å². The highest BCUT2D eigenvalue weighted by molar-refractivity contribution is 5.99. The van der Waals surface area contributed by atoms with E-state index in [9.17, 15) is 14.0 Å². The fourth-order valence-electron chi connectivity index (χ4n) is 2.63. The first-order valence-electron chi connectivity index (χ1n) is 7.57. The number of carbonyl (C=O) groups excluding carboxylic acids is 2. The minimum absolute atomic E-state index is 0.124. The van der Waals surface area contributed by atoms with E-state index in [-0.39, 0.29) is 11.5 Å². The molecule has 0 amide bonds. The summed E-state index contributed by atoms with van der Waals surface area (Å²) < 4.78 is 29.8. The first-order chi connectivity index (χ1) is 11.4. The molecule has 0 atom stereocenters. The van der Waals surface area contributed by atoms with Gasteiger partial charge in [0.25, 0.3) is 0 Å². The van der Waals surface area contributed by atoms with Gasteiger partial charge in [0.05, 0.1) is 7.11 Å². The van der Waals surface area contributed by atoms with Gasteiger partial charge in [-0.05, 0) is 24.6 Å². The molecule has 6 heteroatoms. The van der Waals surface area contributed by atoms with Crippen molar-refractivity contribution in [2.45, 2.75) is 33.6 Å². The van der Waals surface area contributed by atoms with Gasteiger partial charge in [0, 0.05) is 30.2 Å². The van der Waals surface area contributed by atoms with E-state index in [2.05, 4.69) is 0 Å². The number of esters is 2. The highest BCUT2D eigenvalue weighted by atomic mass is 19.1. The van der Waals surface area contributed by atoms with Gasteiger partial charge in [-0.2, -0.15) is 0 Å². The first-order valence-corrected chi connectivity index (χ1v) is 7.57. The Kier molecular flexibility index (Phi) is 5.39. The number of benzene rings is 2. The predicted molar refractivity (Wildman–Crippen MR) is 87.1 cm³/mol. The number of halogens is 1. The lowest BCUT2D eigenvalue weighted by Crippen LogP contribution is -2.10. The summed E-state index contributed by atoms with van der Waals surface area (Å²) in [6.07, 6.45) is 1.28. The van der Waals surface area contributed by atoms with Crippen LogP contribution >= 0.6 is 0 Å². The highest BCUT2D eigenvalue weighted by Gasteiger charge is 2.24. The molecule has 0 aromatic heterocycles. The van der Waals surface area contributed by atoms with Crippen LogP contribution in [0.3, 0.4) is 0 Å². The third-order valence-electron chi connectivity index (χ3n) is 3.42. The van der Waals surface area contributed by atoms with Crippen molar-refractivity contribution in [3.05, 3.63) is 29.6 Å². The van der Waals surface area contributed by atoms with E-state index in [0.717, 1.165) is 6.42 Å². The third-order valence-corrected chi connectivity index (χ3v) is 3.42. The summed E-state index contributed by atoms with van der Waals surface area (Å²) in [4.78, 5) is 23.0. The Labute approximate surface area is 139 Å². The Balaban J connectivity index is 2.93. The van der Waals surface area contributed by atoms with Crippen LogP contribution in [0.15, 0.2) is 18.2 Å². The van der Waals surface area contributed by atoms with E-state index >= 15 is 0 Å². The monoisotopic (exact) mass is 334 g/mol. The van der Waals surface area contributed by atoms with Gasteiger partial charge in [-0.15, -0.1) is 0 Å². The van der Waals surface area contributed by atoms with Crippen LogP contribution in [0.1, 0.15) is 32.8 Å². The molecule has 0 fully saturated rings. The van der Waals surface area contributed by atoms with E-state index in [4.69, 9.17) is 14.2 Å². The number of methoxy groups -OCH3 is 1. The van der Waals surface area contributed by atoms with Gasteiger partial charge < -0.3 is 14.2 Å². The predicted octanol–water partition coefficient (Wildman–Crippen LogP) is 3.79. The van der Waals surface area contributed by atoms with Gasteiger partial charge in [-0.3, -0.25) is 9.59 Å². The zero-order chi connectivity index (χ0) is 17.9. The Bertz CT molecular complexity index is 798. The lowest BCUT2D eigenvalue weighted by atomic mass is 9.99. The zero-order valence-electron chi connectivity index (χ0n) is 14.1. The molecule has 0 spiro atoms. The van der Waals surface area contributed by atoms with Crippen LogP contribution in [-0.4, -0.2) is 19.0 Å². The molecule has 0 unspecified atom stereocenters. The molecule has 0 aliphatic rings. The molecule has 0 saturated carbocycles. The summed E-state index contributed by atoms with van der Waals surface area (Å²) in [6.45, 7) is 4.50. The molecule has 24 heavy (non-hydrogen) atoms. The van der Waals surface area contributed by atoms with Crippen molar-refractivity contribution in [1.29, 1.82) is 0 Å². The van der Waals surface area contributed by atoms with Crippen LogP contribution in [0.5, 0.6) is 17.2 Å². The molecule has 2 aromatic rings. The summed E-state index contributed by atoms with van der Waals surface area (Å²) in [6, 6.07) is 3.97. The smallest absolute Gasteiger partial charge is 0.308 e. The van der Waals surface area contributed by atoms with E-state index < -0.39 is 17.8 Å². The van der Waals surface area contributed by atoms with Crippen molar-refractivity contribution in [2.75, 3.05) is 7.11 Å². The van der Waals surface area contributed by atoms with Crippen LogP contribution in [0.4, 0.5) is 4.39 Å². The summed E-state index contributed by atoms with van der Waals surface area (Å²) in [5, 5.41) is 0.783. The second kappa shape index (κ2) is 7.29. The van der Waals surface area contributed by atoms with Crippen LogP contribution in [0, 0.1) is 5.82 Å². The molecule has 5 nitrogen and oxygen atoms in total. The number of fused-ring (bicyclic) bond motifs is 1. The van der Waals surface area contributed by atoms with Gasteiger partial charge in [-0.25, -0.2) is 4.39 Å².